The quantitative estimate of drug-likeness (QED) is 0.333. The third-order valence-corrected chi connectivity index (χ3v) is 4.12. The molecule has 1 atom stereocenters. The molecule has 0 fully saturated rings. The van der Waals surface area contributed by atoms with E-state index in [1.807, 2.05) is 26.8 Å². The first-order valence-electron chi connectivity index (χ1n) is 10.2. The van der Waals surface area contributed by atoms with Crippen LogP contribution in [-0.2, 0) is 9.53 Å². The molecular weight excluding hydrogens is 346 g/mol. The van der Waals surface area contributed by atoms with E-state index in [0.717, 1.165) is 44.9 Å². The van der Waals surface area contributed by atoms with Gasteiger partial charge in [0, 0.05) is 19.0 Å². The fourth-order valence-corrected chi connectivity index (χ4v) is 2.89. The number of carbonyl (C=O) groups excluding carboxylic acids is 1. The second-order valence-corrected chi connectivity index (χ2v) is 7.88. The number of aliphatic carboxylic acids is 1. The number of hydrogen-bond donors (Lipinski definition) is 2. The lowest BCUT2D eigenvalue weighted by atomic mass is 10.0. The van der Waals surface area contributed by atoms with E-state index < -0.39 is 11.6 Å². The highest BCUT2D eigenvalue weighted by atomic mass is 16.6. The van der Waals surface area contributed by atoms with Gasteiger partial charge in [0.2, 0.25) is 0 Å². The van der Waals surface area contributed by atoms with Gasteiger partial charge in [0.25, 0.3) is 0 Å². The molecule has 0 aliphatic heterocycles. The second kappa shape index (κ2) is 14.5. The van der Waals surface area contributed by atoms with Crippen molar-refractivity contribution in [2.75, 3.05) is 13.2 Å². The molecule has 0 spiro atoms. The fraction of sp³-hybridized carbons (Fsp3) is 0.810. The van der Waals surface area contributed by atoms with Gasteiger partial charge in [-0.15, -0.1) is 0 Å². The molecule has 6 heteroatoms. The minimum absolute atomic E-state index is 0.0709. The summed E-state index contributed by atoms with van der Waals surface area (Å²) in [5.74, 6) is -0.747. The Morgan fingerprint density at radius 1 is 1.07 bits per heavy atom. The molecule has 27 heavy (non-hydrogen) atoms. The highest BCUT2D eigenvalue weighted by Gasteiger charge is 2.27. The van der Waals surface area contributed by atoms with Crippen molar-refractivity contribution in [3.8, 4) is 0 Å². The number of rotatable bonds is 14. The average Bonchev–Trinajstić information content (AvgIpc) is 2.55. The highest BCUT2D eigenvalue weighted by molar-refractivity contribution is 5.68. The van der Waals surface area contributed by atoms with Crippen molar-refractivity contribution in [2.45, 2.75) is 97.1 Å². The summed E-state index contributed by atoms with van der Waals surface area (Å²) < 4.78 is 5.50. The summed E-state index contributed by atoms with van der Waals surface area (Å²) in [5.41, 5.74) is -0.549. The molecule has 0 heterocycles. The predicted molar refractivity (Wildman–Crippen MR) is 108 cm³/mol. The Labute approximate surface area is 164 Å². The van der Waals surface area contributed by atoms with Crippen molar-refractivity contribution in [2.24, 2.45) is 0 Å². The van der Waals surface area contributed by atoms with Crippen molar-refractivity contribution in [3.05, 3.63) is 12.2 Å². The molecule has 0 rings (SSSR count). The number of unbranched alkanes of at least 4 members (excludes halogenated alkanes) is 3. The maximum Gasteiger partial charge on any atom is 0.410 e. The van der Waals surface area contributed by atoms with Crippen LogP contribution in [0.25, 0.3) is 0 Å². The van der Waals surface area contributed by atoms with E-state index in [9.17, 15) is 14.7 Å². The molecule has 0 bridgehead atoms. The molecule has 0 saturated carbocycles. The smallest absolute Gasteiger partial charge is 0.410 e. The number of hydrogen-bond acceptors (Lipinski definition) is 4. The Kier molecular flexibility index (Phi) is 13.7. The fourth-order valence-electron chi connectivity index (χ4n) is 2.89. The van der Waals surface area contributed by atoms with Crippen molar-refractivity contribution in [1.29, 1.82) is 0 Å². The number of carbonyl (C=O) groups is 2. The molecule has 0 saturated heterocycles. The van der Waals surface area contributed by atoms with Crippen LogP contribution in [0.2, 0.25) is 0 Å². The molecule has 0 aromatic rings. The third kappa shape index (κ3) is 14.2. The summed E-state index contributed by atoms with van der Waals surface area (Å²) in [7, 11) is 0. The number of carboxylic acid groups (broad SMARTS) is 1. The lowest BCUT2D eigenvalue weighted by Gasteiger charge is -2.33. The lowest BCUT2D eigenvalue weighted by molar-refractivity contribution is -0.137. The molecule has 0 radical (unpaired) electrons. The molecule has 0 aliphatic rings. The number of ether oxygens (including phenoxy) is 1. The molecule has 0 aromatic heterocycles. The zero-order valence-electron chi connectivity index (χ0n) is 17.6. The Balaban J connectivity index is 4.39. The van der Waals surface area contributed by atoms with Crippen LogP contribution in [0.1, 0.15) is 85.5 Å². The summed E-state index contributed by atoms with van der Waals surface area (Å²) in [6.45, 7) is 7.86. The first-order chi connectivity index (χ1) is 12.7. The van der Waals surface area contributed by atoms with Crippen molar-refractivity contribution in [3.63, 3.8) is 0 Å². The van der Waals surface area contributed by atoms with Crippen LogP contribution in [0.15, 0.2) is 12.2 Å². The van der Waals surface area contributed by atoms with E-state index in [0.29, 0.717) is 13.0 Å². The molecule has 1 unspecified atom stereocenters. The SMILES string of the molecule is CCCC(CCCC/C=C/CCCC(=O)O)N(CCO)C(=O)OC(C)(C)C. The largest absolute Gasteiger partial charge is 0.481 e. The predicted octanol–water partition coefficient (Wildman–Crippen LogP) is 4.76. The van der Waals surface area contributed by atoms with Gasteiger partial charge in [0.1, 0.15) is 5.60 Å². The van der Waals surface area contributed by atoms with Crippen LogP contribution in [0.4, 0.5) is 4.79 Å². The molecule has 1 amide bonds. The molecule has 2 N–H and O–H groups in total. The number of aliphatic hydroxyl groups is 1. The van der Waals surface area contributed by atoms with E-state index in [2.05, 4.69) is 13.0 Å². The van der Waals surface area contributed by atoms with Crippen molar-refractivity contribution < 1.29 is 24.5 Å². The van der Waals surface area contributed by atoms with Crippen molar-refractivity contribution >= 4 is 12.1 Å². The highest BCUT2D eigenvalue weighted by Crippen LogP contribution is 2.19. The van der Waals surface area contributed by atoms with Gasteiger partial charge in [-0.2, -0.15) is 0 Å². The van der Waals surface area contributed by atoms with Gasteiger partial charge < -0.3 is 19.8 Å². The summed E-state index contributed by atoms with van der Waals surface area (Å²) in [6, 6.07) is 0.0801. The van der Waals surface area contributed by atoms with E-state index in [-0.39, 0.29) is 25.2 Å². The second-order valence-electron chi connectivity index (χ2n) is 7.88. The Bertz CT molecular complexity index is 442. The normalized spacial score (nSPS) is 12.9. The number of allylic oxidation sites excluding steroid dienone is 2. The molecule has 6 nitrogen and oxygen atoms in total. The average molecular weight is 386 g/mol. The van der Waals surface area contributed by atoms with E-state index in [1.54, 1.807) is 4.90 Å². The van der Waals surface area contributed by atoms with Gasteiger partial charge in [-0.25, -0.2) is 4.79 Å². The van der Waals surface area contributed by atoms with E-state index in [1.165, 1.54) is 0 Å². The van der Waals surface area contributed by atoms with Crippen LogP contribution in [-0.4, -0.2) is 52.0 Å². The van der Waals surface area contributed by atoms with Gasteiger partial charge in [-0.1, -0.05) is 31.9 Å². The van der Waals surface area contributed by atoms with Gasteiger partial charge in [-0.3, -0.25) is 4.79 Å². The summed E-state index contributed by atoms with van der Waals surface area (Å²) in [5, 5.41) is 17.9. The maximum atomic E-state index is 12.5. The monoisotopic (exact) mass is 385 g/mol. The molecular formula is C21H39NO5. The van der Waals surface area contributed by atoms with Gasteiger partial charge in [0.05, 0.1) is 6.61 Å². The molecule has 0 aliphatic carbocycles. The molecule has 0 aromatic carbocycles. The molecule has 158 valence electrons. The summed E-state index contributed by atoms with van der Waals surface area (Å²) >= 11 is 0. The van der Waals surface area contributed by atoms with Crippen LogP contribution in [0.5, 0.6) is 0 Å². The zero-order chi connectivity index (χ0) is 20.7. The first kappa shape index (κ1) is 25.4. The van der Waals surface area contributed by atoms with Crippen molar-refractivity contribution in [1.82, 2.24) is 4.90 Å². The Morgan fingerprint density at radius 3 is 2.22 bits per heavy atom. The zero-order valence-corrected chi connectivity index (χ0v) is 17.6. The Hall–Kier alpha value is -1.56. The standard InChI is InChI=1S/C21H39NO5/c1-5-13-18(22(16-17-23)20(26)27-21(2,3)4)14-11-9-7-6-8-10-12-15-19(24)25/h6,8,18,23H,5,7,9-17H2,1-4H3,(H,24,25)/b8-6+. The minimum Gasteiger partial charge on any atom is -0.481 e. The number of amides is 1. The summed E-state index contributed by atoms with van der Waals surface area (Å²) in [6.07, 6.45) is 11.2. The lowest BCUT2D eigenvalue weighted by Crippen LogP contribution is -2.44. The van der Waals surface area contributed by atoms with Crippen LogP contribution in [0.3, 0.4) is 0 Å². The van der Waals surface area contributed by atoms with Crippen LogP contribution in [0, 0.1) is 0 Å². The van der Waals surface area contributed by atoms with Gasteiger partial charge in [-0.05, 0) is 59.3 Å². The number of nitrogens with zero attached hydrogens (tertiary/aromatic N) is 1. The third-order valence-electron chi connectivity index (χ3n) is 4.12. The minimum atomic E-state index is -0.747. The van der Waals surface area contributed by atoms with E-state index >= 15 is 0 Å². The maximum absolute atomic E-state index is 12.5. The van der Waals surface area contributed by atoms with E-state index in [4.69, 9.17) is 9.84 Å². The topological polar surface area (TPSA) is 87.1 Å². The Morgan fingerprint density at radius 2 is 1.70 bits per heavy atom. The van der Waals surface area contributed by atoms with Crippen LogP contribution >= 0.6 is 0 Å². The summed E-state index contributed by atoms with van der Waals surface area (Å²) in [4.78, 5) is 24.6. The number of carboxylic acids is 1. The van der Waals surface area contributed by atoms with Crippen LogP contribution < -0.4 is 0 Å². The van der Waals surface area contributed by atoms with Gasteiger partial charge in [0.15, 0.2) is 0 Å². The van der Waals surface area contributed by atoms with Gasteiger partial charge >= 0.3 is 12.1 Å². The first-order valence-corrected chi connectivity index (χ1v) is 10.2. The number of aliphatic hydroxyl groups excluding tert-OH is 1.